The molecule has 0 aromatic carbocycles. The first-order valence-corrected chi connectivity index (χ1v) is 5.24. The minimum atomic E-state index is -0.396. The zero-order valence-corrected chi connectivity index (χ0v) is 8.89. The summed E-state index contributed by atoms with van der Waals surface area (Å²) in [5.74, 6) is 0. The third-order valence-corrected chi connectivity index (χ3v) is 2.37. The van der Waals surface area contributed by atoms with Gasteiger partial charge in [-0.3, -0.25) is 4.98 Å². The SMILES string of the molecule is O=C(NC1CCOC1)OCc1ccncc1. The molecule has 1 saturated heterocycles. The fraction of sp³-hybridized carbons (Fsp3) is 0.455. The summed E-state index contributed by atoms with van der Waals surface area (Å²) in [5, 5.41) is 2.75. The molecule has 1 aromatic heterocycles. The molecular formula is C11H14N2O3. The maximum atomic E-state index is 11.4. The molecule has 1 atom stereocenters. The Labute approximate surface area is 93.8 Å². The van der Waals surface area contributed by atoms with Gasteiger partial charge in [0.1, 0.15) is 6.61 Å². The van der Waals surface area contributed by atoms with E-state index in [2.05, 4.69) is 10.3 Å². The highest BCUT2D eigenvalue weighted by Crippen LogP contribution is 2.04. The first kappa shape index (κ1) is 10.9. The summed E-state index contributed by atoms with van der Waals surface area (Å²) in [6.45, 7) is 1.54. The van der Waals surface area contributed by atoms with Crippen molar-refractivity contribution in [1.82, 2.24) is 10.3 Å². The van der Waals surface area contributed by atoms with Crippen molar-refractivity contribution >= 4 is 6.09 Å². The van der Waals surface area contributed by atoms with Crippen molar-refractivity contribution in [3.8, 4) is 0 Å². The van der Waals surface area contributed by atoms with E-state index in [0.717, 1.165) is 12.0 Å². The summed E-state index contributed by atoms with van der Waals surface area (Å²) in [7, 11) is 0. The van der Waals surface area contributed by atoms with Crippen LogP contribution in [-0.4, -0.2) is 30.3 Å². The van der Waals surface area contributed by atoms with E-state index in [9.17, 15) is 4.79 Å². The molecule has 0 spiro atoms. The number of hydrogen-bond acceptors (Lipinski definition) is 4. The summed E-state index contributed by atoms with van der Waals surface area (Å²) in [6, 6.07) is 3.71. The van der Waals surface area contributed by atoms with Gasteiger partial charge in [0.05, 0.1) is 12.6 Å². The van der Waals surface area contributed by atoms with Crippen LogP contribution in [0.5, 0.6) is 0 Å². The summed E-state index contributed by atoms with van der Waals surface area (Å²) in [4.78, 5) is 15.3. The van der Waals surface area contributed by atoms with Gasteiger partial charge in [0, 0.05) is 19.0 Å². The van der Waals surface area contributed by atoms with Crippen molar-refractivity contribution < 1.29 is 14.3 Å². The Bertz CT molecular complexity index is 336. The van der Waals surface area contributed by atoms with Gasteiger partial charge in [-0.15, -0.1) is 0 Å². The Kier molecular flexibility index (Phi) is 3.71. The van der Waals surface area contributed by atoms with Crippen LogP contribution in [-0.2, 0) is 16.1 Å². The minimum Gasteiger partial charge on any atom is -0.445 e. The van der Waals surface area contributed by atoms with Crippen molar-refractivity contribution in [2.24, 2.45) is 0 Å². The molecule has 1 aliphatic heterocycles. The van der Waals surface area contributed by atoms with Crippen LogP contribution >= 0.6 is 0 Å². The molecule has 1 N–H and O–H groups in total. The average Bonchev–Trinajstić information content (AvgIpc) is 2.81. The molecule has 0 aliphatic carbocycles. The largest absolute Gasteiger partial charge is 0.445 e. The number of amides is 1. The third kappa shape index (κ3) is 3.20. The normalized spacial score (nSPS) is 19.4. The standard InChI is InChI=1S/C11H14N2O3/c14-11(13-10-3-6-15-8-10)16-7-9-1-4-12-5-2-9/h1-2,4-5,10H,3,6-8H2,(H,13,14). The lowest BCUT2D eigenvalue weighted by Gasteiger charge is -2.10. The molecule has 2 heterocycles. The number of ether oxygens (including phenoxy) is 2. The Balaban J connectivity index is 1.71. The van der Waals surface area contributed by atoms with Crippen molar-refractivity contribution in [1.29, 1.82) is 0 Å². The third-order valence-electron chi connectivity index (χ3n) is 2.37. The first-order valence-electron chi connectivity index (χ1n) is 5.24. The molecule has 1 unspecified atom stereocenters. The molecular weight excluding hydrogens is 208 g/mol. The van der Waals surface area contributed by atoms with Gasteiger partial charge < -0.3 is 14.8 Å². The topological polar surface area (TPSA) is 60.5 Å². The molecule has 0 radical (unpaired) electrons. The fourth-order valence-corrected chi connectivity index (χ4v) is 1.48. The molecule has 1 aliphatic rings. The number of rotatable bonds is 3. The van der Waals surface area contributed by atoms with E-state index in [0.29, 0.717) is 13.2 Å². The summed E-state index contributed by atoms with van der Waals surface area (Å²) < 4.78 is 10.2. The summed E-state index contributed by atoms with van der Waals surface area (Å²) >= 11 is 0. The highest BCUT2D eigenvalue weighted by atomic mass is 16.5. The van der Waals surface area contributed by atoms with Crippen molar-refractivity contribution in [2.45, 2.75) is 19.1 Å². The van der Waals surface area contributed by atoms with Crippen LogP contribution in [0.3, 0.4) is 0 Å². The molecule has 0 saturated carbocycles. The molecule has 2 rings (SSSR count). The van der Waals surface area contributed by atoms with Gasteiger partial charge in [0.25, 0.3) is 0 Å². The Hall–Kier alpha value is -1.62. The molecule has 1 fully saturated rings. The van der Waals surface area contributed by atoms with Crippen LogP contribution in [0.1, 0.15) is 12.0 Å². The van der Waals surface area contributed by atoms with E-state index < -0.39 is 6.09 Å². The Morgan fingerprint density at radius 3 is 3.06 bits per heavy atom. The number of alkyl carbamates (subject to hydrolysis) is 1. The first-order chi connectivity index (χ1) is 7.84. The number of aromatic nitrogens is 1. The monoisotopic (exact) mass is 222 g/mol. The molecule has 5 heteroatoms. The van der Waals surface area contributed by atoms with E-state index in [1.165, 1.54) is 0 Å². The number of nitrogens with one attached hydrogen (secondary N) is 1. The summed E-state index contributed by atoms with van der Waals surface area (Å²) in [6.07, 6.45) is 3.79. The number of nitrogens with zero attached hydrogens (tertiary/aromatic N) is 1. The lowest BCUT2D eigenvalue weighted by molar-refractivity contribution is 0.132. The molecule has 0 bridgehead atoms. The molecule has 5 nitrogen and oxygen atoms in total. The van der Waals surface area contributed by atoms with Gasteiger partial charge >= 0.3 is 6.09 Å². The number of carbonyl (C=O) groups is 1. The Morgan fingerprint density at radius 1 is 1.56 bits per heavy atom. The zero-order chi connectivity index (χ0) is 11.2. The second-order valence-electron chi connectivity index (χ2n) is 3.64. The second-order valence-corrected chi connectivity index (χ2v) is 3.64. The highest BCUT2D eigenvalue weighted by molar-refractivity contribution is 5.67. The summed E-state index contributed by atoms with van der Waals surface area (Å²) in [5.41, 5.74) is 0.924. The van der Waals surface area contributed by atoms with Crippen LogP contribution in [0.2, 0.25) is 0 Å². The highest BCUT2D eigenvalue weighted by Gasteiger charge is 2.18. The van der Waals surface area contributed by atoms with E-state index >= 15 is 0 Å². The van der Waals surface area contributed by atoms with Crippen LogP contribution in [0, 0.1) is 0 Å². The molecule has 16 heavy (non-hydrogen) atoms. The molecule has 1 amide bonds. The predicted octanol–water partition coefficient (Wildman–Crippen LogP) is 1.10. The molecule has 1 aromatic rings. The van der Waals surface area contributed by atoms with Gasteiger partial charge in [0.15, 0.2) is 0 Å². The lowest BCUT2D eigenvalue weighted by atomic mass is 10.3. The van der Waals surface area contributed by atoms with Gasteiger partial charge in [-0.05, 0) is 24.1 Å². The van der Waals surface area contributed by atoms with Crippen LogP contribution < -0.4 is 5.32 Å². The van der Waals surface area contributed by atoms with Gasteiger partial charge in [-0.2, -0.15) is 0 Å². The van der Waals surface area contributed by atoms with Crippen molar-refractivity contribution in [3.63, 3.8) is 0 Å². The van der Waals surface area contributed by atoms with Crippen molar-refractivity contribution in [3.05, 3.63) is 30.1 Å². The predicted molar refractivity (Wildman–Crippen MR) is 56.8 cm³/mol. The zero-order valence-electron chi connectivity index (χ0n) is 8.89. The van der Waals surface area contributed by atoms with Crippen LogP contribution in [0.15, 0.2) is 24.5 Å². The van der Waals surface area contributed by atoms with Crippen molar-refractivity contribution in [2.75, 3.05) is 13.2 Å². The lowest BCUT2D eigenvalue weighted by Crippen LogP contribution is -2.35. The van der Waals surface area contributed by atoms with E-state index in [4.69, 9.17) is 9.47 Å². The quantitative estimate of drug-likeness (QED) is 0.831. The average molecular weight is 222 g/mol. The number of hydrogen-bond donors (Lipinski definition) is 1. The van der Waals surface area contributed by atoms with Gasteiger partial charge in [-0.25, -0.2) is 4.79 Å². The fourth-order valence-electron chi connectivity index (χ4n) is 1.48. The number of carbonyl (C=O) groups excluding carboxylic acids is 1. The number of pyridine rings is 1. The van der Waals surface area contributed by atoms with E-state index in [-0.39, 0.29) is 12.6 Å². The van der Waals surface area contributed by atoms with Crippen LogP contribution in [0.4, 0.5) is 4.79 Å². The molecule has 86 valence electrons. The van der Waals surface area contributed by atoms with Gasteiger partial charge in [0.2, 0.25) is 0 Å². The maximum absolute atomic E-state index is 11.4. The maximum Gasteiger partial charge on any atom is 0.407 e. The second kappa shape index (κ2) is 5.46. The van der Waals surface area contributed by atoms with Gasteiger partial charge in [-0.1, -0.05) is 0 Å². The smallest absolute Gasteiger partial charge is 0.407 e. The van der Waals surface area contributed by atoms with E-state index in [1.54, 1.807) is 12.4 Å². The Morgan fingerprint density at radius 2 is 2.38 bits per heavy atom. The van der Waals surface area contributed by atoms with E-state index in [1.807, 2.05) is 12.1 Å². The van der Waals surface area contributed by atoms with Crippen LogP contribution in [0.25, 0.3) is 0 Å². The minimum absolute atomic E-state index is 0.0879.